The molecule has 2 aromatic rings. The second kappa shape index (κ2) is 6.35. The third-order valence-corrected chi connectivity index (χ3v) is 3.09. The van der Waals surface area contributed by atoms with Crippen LogP contribution in [0.5, 0.6) is 11.5 Å². The maximum absolute atomic E-state index is 10.8. The summed E-state index contributed by atoms with van der Waals surface area (Å²) < 4.78 is 1.64. The standard InChI is InChI=1S/C12H13N5O4S/c1-2-3-11-14-15-12(22)16(11)13-6-7-4-8(17(20)21)10(19)5-9(7)18/h4-6,18-19H,2-3H2,1H3,(H,15,22)/b13-6+. The Balaban J connectivity index is 2.43. The maximum Gasteiger partial charge on any atom is 0.311 e. The van der Waals surface area contributed by atoms with Crippen molar-refractivity contribution in [2.45, 2.75) is 19.8 Å². The number of aromatic hydroxyl groups is 2. The van der Waals surface area contributed by atoms with E-state index in [-0.39, 0.29) is 16.1 Å². The zero-order valence-electron chi connectivity index (χ0n) is 11.6. The molecule has 0 bridgehead atoms. The minimum Gasteiger partial charge on any atom is -0.507 e. The van der Waals surface area contributed by atoms with Gasteiger partial charge in [0.15, 0.2) is 11.6 Å². The summed E-state index contributed by atoms with van der Waals surface area (Å²) in [5.74, 6) is -0.346. The average Bonchev–Trinajstić information content (AvgIpc) is 2.79. The van der Waals surface area contributed by atoms with Crippen molar-refractivity contribution in [2.75, 3.05) is 0 Å². The number of phenols is 2. The number of nitrogens with one attached hydrogen (secondary N) is 1. The molecule has 0 aliphatic carbocycles. The number of nitro groups is 1. The van der Waals surface area contributed by atoms with Crippen molar-refractivity contribution in [3.63, 3.8) is 0 Å². The van der Waals surface area contributed by atoms with Crippen LogP contribution in [0, 0.1) is 14.9 Å². The minimum absolute atomic E-state index is 0.0787. The first kappa shape index (κ1) is 15.6. The number of nitro benzene ring substituents is 1. The molecule has 0 spiro atoms. The van der Waals surface area contributed by atoms with E-state index in [9.17, 15) is 20.3 Å². The Kier molecular flexibility index (Phi) is 4.51. The molecule has 0 saturated heterocycles. The van der Waals surface area contributed by atoms with Gasteiger partial charge in [0, 0.05) is 24.1 Å². The van der Waals surface area contributed by atoms with E-state index in [0.717, 1.165) is 18.6 Å². The molecule has 0 saturated carbocycles. The molecule has 0 fully saturated rings. The van der Waals surface area contributed by atoms with Gasteiger partial charge < -0.3 is 10.2 Å². The number of hydrogen-bond donors (Lipinski definition) is 3. The number of nitrogens with zero attached hydrogens (tertiary/aromatic N) is 4. The fourth-order valence-corrected chi connectivity index (χ4v) is 1.98. The number of phenolic OH excluding ortho intramolecular Hbond substituents is 2. The van der Waals surface area contributed by atoms with Crippen LogP contribution >= 0.6 is 12.2 Å². The number of aromatic amines is 1. The zero-order valence-corrected chi connectivity index (χ0v) is 12.4. The van der Waals surface area contributed by atoms with Gasteiger partial charge in [-0.3, -0.25) is 15.2 Å². The summed E-state index contributed by atoms with van der Waals surface area (Å²) in [5, 5.41) is 40.6. The topological polar surface area (TPSA) is 130 Å². The summed E-state index contributed by atoms with van der Waals surface area (Å²) in [5.41, 5.74) is -0.445. The largest absolute Gasteiger partial charge is 0.507 e. The lowest BCUT2D eigenvalue weighted by molar-refractivity contribution is -0.385. The van der Waals surface area contributed by atoms with Crippen molar-refractivity contribution in [3.8, 4) is 11.5 Å². The number of rotatable bonds is 5. The predicted octanol–water partition coefficient (Wildman–Crippen LogP) is 2.09. The predicted molar refractivity (Wildman–Crippen MR) is 80.8 cm³/mol. The zero-order chi connectivity index (χ0) is 16.3. The van der Waals surface area contributed by atoms with E-state index in [1.165, 1.54) is 10.9 Å². The van der Waals surface area contributed by atoms with E-state index < -0.39 is 16.4 Å². The van der Waals surface area contributed by atoms with Gasteiger partial charge in [0.2, 0.25) is 4.77 Å². The number of hydrogen-bond acceptors (Lipinski definition) is 7. The highest BCUT2D eigenvalue weighted by atomic mass is 32.1. The van der Waals surface area contributed by atoms with Gasteiger partial charge in [-0.2, -0.15) is 14.9 Å². The monoisotopic (exact) mass is 323 g/mol. The molecule has 0 atom stereocenters. The summed E-state index contributed by atoms with van der Waals surface area (Å²) in [4.78, 5) is 10.0. The first-order valence-corrected chi connectivity index (χ1v) is 6.76. The van der Waals surface area contributed by atoms with Crippen LogP contribution in [0.1, 0.15) is 24.7 Å². The van der Waals surface area contributed by atoms with E-state index >= 15 is 0 Å². The van der Waals surface area contributed by atoms with Crippen LogP contribution in [-0.4, -0.2) is 36.2 Å². The van der Waals surface area contributed by atoms with Crippen LogP contribution in [0.4, 0.5) is 5.69 Å². The van der Waals surface area contributed by atoms with Crippen molar-refractivity contribution in [1.82, 2.24) is 14.9 Å². The Morgan fingerprint density at radius 2 is 2.23 bits per heavy atom. The molecule has 1 aromatic carbocycles. The molecule has 0 radical (unpaired) electrons. The van der Waals surface area contributed by atoms with Gasteiger partial charge in [-0.1, -0.05) is 6.92 Å². The first-order valence-electron chi connectivity index (χ1n) is 6.35. The molecule has 0 unspecified atom stereocenters. The van der Waals surface area contributed by atoms with E-state index in [1.807, 2.05) is 6.92 Å². The lowest BCUT2D eigenvalue weighted by Gasteiger charge is -2.02. The Bertz CT molecular complexity index is 795. The van der Waals surface area contributed by atoms with Crippen molar-refractivity contribution in [1.29, 1.82) is 0 Å². The molecule has 9 nitrogen and oxygen atoms in total. The fraction of sp³-hybridized carbons (Fsp3) is 0.250. The summed E-state index contributed by atoms with van der Waals surface area (Å²) >= 11 is 5.04. The Morgan fingerprint density at radius 1 is 1.50 bits per heavy atom. The molecule has 1 heterocycles. The Hall–Kier alpha value is -2.75. The molecule has 1 aromatic heterocycles. The van der Waals surface area contributed by atoms with Gasteiger partial charge in [0.05, 0.1) is 11.1 Å². The molecule has 0 aliphatic heterocycles. The molecule has 2 rings (SSSR count). The number of benzene rings is 1. The highest BCUT2D eigenvalue weighted by Crippen LogP contribution is 2.32. The van der Waals surface area contributed by atoms with E-state index in [4.69, 9.17) is 12.2 Å². The second-order valence-corrected chi connectivity index (χ2v) is 4.79. The van der Waals surface area contributed by atoms with Crippen LogP contribution in [0.15, 0.2) is 17.2 Å². The molecule has 22 heavy (non-hydrogen) atoms. The molecule has 0 aliphatic rings. The van der Waals surface area contributed by atoms with Crippen LogP contribution < -0.4 is 0 Å². The summed E-state index contributed by atoms with van der Waals surface area (Å²) in [6.07, 6.45) is 2.70. The molecular weight excluding hydrogens is 310 g/mol. The summed E-state index contributed by atoms with van der Waals surface area (Å²) in [7, 11) is 0. The molecule has 116 valence electrons. The third-order valence-electron chi connectivity index (χ3n) is 2.82. The maximum atomic E-state index is 10.8. The molecular formula is C12H13N5O4S. The van der Waals surface area contributed by atoms with Gasteiger partial charge in [-0.25, -0.2) is 0 Å². The van der Waals surface area contributed by atoms with Crippen LogP contribution in [0.2, 0.25) is 0 Å². The summed E-state index contributed by atoms with van der Waals surface area (Å²) in [6, 6.07) is 1.92. The van der Waals surface area contributed by atoms with Gasteiger partial charge in [0.1, 0.15) is 5.75 Å². The second-order valence-electron chi connectivity index (χ2n) is 4.41. The molecule has 0 amide bonds. The average molecular weight is 323 g/mol. The molecule has 3 N–H and O–H groups in total. The first-order chi connectivity index (χ1) is 10.4. The highest BCUT2D eigenvalue weighted by Gasteiger charge is 2.16. The van der Waals surface area contributed by atoms with E-state index in [0.29, 0.717) is 12.2 Å². The van der Waals surface area contributed by atoms with Gasteiger partial charge in [0.25, 0.3) is 0 Å². The van der Waals surface area contributed by atoms with Crippen LogP contribution in [0.3, 0.4) is 0 Å². The lowest BCUT2D eigenvalue weighted by atomic mass is 10.2. The van der Waals surface area contributed by atoms with Crippen molar-refractivity contribution in [2.24, 2.45) is 5.10 Å². The number of aromatic nitrogens is 3. The Morgan fingerprint density at radius 3 is 2.86 bits per heavy atom. The highest BCUT2D eigenvalue weighted by molar-refractivity contribution is 7.71. The quantitative estimate of drug-likeness (QED) is 0.334. The number of aryl methyl sites for hydroxylation is 1. The van der Waals surface area contributed by atoms with Gasteiger partial charge >= 0.3 is 5.69 Å². The van der Waals surface area contributed by atoms with E-state index in [2.05, 4.69) is 15.3 Å². The van der Waals surface area contributed by atoms with Crippen molar-refractivity contribution >= 4 is 24.1 Å². The van der Waals surface area contributed by atoms with Crippen LogP contribution in [-0.2, 0) is 6.42 Å². The fourth-order valence-electron chi connectivity index (χ4n) is 1.78. The van der Waals surface area contributed by atoms with Crippen molar-refractivity contribution in [3.05, 3.63) is 38.4 Å². The van der Waals surface area contributed by atoms with Crippen LogP contribution in [0.25, 0.3) is 0 Å². The van der Waals surface area contributed by atoms with Crippen molar-refractivity contribution < 1.29 is 15.1 Å². The third kappa shape index (κ3) is 3.11. The van der Waals surface area contributed by atoms with E-state index in [1.54, 1.807) is 0 Å². The van der Waals surface area contributed by atoms with Gasteiger partial charge in [-0.05, 0) is 18.6 Å². The Labute approximate surface area is 129 Å². The van der Waals surface area contributed by atoms with Gasteiger partial charge in [-0.15, -0.1) is 0 Å². The lowest BCUT2D eigenvalue weighted by Crippen LogP contribution is -1.99. The normalized spacial score (nSPS) is 11.1. The SMILES string of the molecule is CCCc1n[nH]c(=S)n1/N=C/c1cc([N+](=O)[O-])c(O)cc1O. The number of H-pyrrole nitrogens is 1. The smallest absolute Gasteiger partial charge is 0.311 e. The summed E-state index contributed by atoms with van der Waals surface area (Å²) in [6.45, 7) is 1.97. The minimum atomic E-state index is -0.752. The molecule has 10 heteroatoms.